The molecule has 0 atom stereocenters. The molecule has 2 N–H and O–H groups in total. The van der Waals surface area contributed by atoms with Crippen LogP contribution < -0.4 is 14.5 Å². The quantitative estimate of drug-likeness (QED) is 0.393. The van der Waals surface area contributed by atoms with E-state index in [9.17, 15) is 17.2 Å². The predicted molar refractivity (Wildman–Crippen MR) is 152 cm³/mol. The van der Waals surface area contributed by atoms with Gasteiger partial charge in [-0.15, -0.1) is 0 Å². The zero-order chi connectivity index (χ0) is 28.8. The third-order valence-corrected chi connectivity index (χ3v) is 9.63. The van der Waals surface area contributed by atoms with Gasteiger partial charge in [0.1, 0.15) is 5.69 Å². The van der Waals surface area contributed by atoms with E-state index < -0.39 is 22.6 Å². The maximum Gasteiger partial charge on any atom is 0.251 e. The summed E-state index contributed by atoms with van der Waals surface area (Å²) in [6.07, 6.45) is 5.79. The number of sulfonamides is 1. The molecule has 10 nitrogen and oxygen atoms in total. The van der Waals surface area contributed by atoms with Crippen molar-refractivity contribution in [1.82, 2.24) is 15.0 Å². The Morgan fingerprint density at radius 3 is 2.39 bits per heavy atom. The van der Waals surface area contributed by atoms with Gasteiger partial charge in [-0.1, -0.05) is 0 Å². The van der Waals surface area contributed by atoms with Gasteiger partial charge in [-0.2, -0.15) is 0 Å². The molecule has 1 aliphatic carbocycles. The molecule has 0 amide bonds. The Labute approximate surface area is 237 Å². The highest BCUT2D eigenvalue weighted by Crippen LogP contribution is 2.54. The molecule has 1 saturated carbocycles. The number of piperidine rings is 2. The monoisotopic (exact) mass is 588 g/mol. The molecule has 3 aromatic rings. The van der Waals surface area contributed by atoms with Gasteiger partial charge in [-0.25, -0.2) is 32.2 Å². The number of hydrogen-bond donors (Lipinski definition) is 2. The molecule has 0 radical (unpaired) electrons. The summed E-state index contributed by atoms with van der Waals surface area (Å²) in [5.41, 5.74) is 3.58. The fourth-order valence-electron chi connectivity index (χ4n) is 5.66. The van der Waals surface area contributed by atoms with Crippen molar-refractivity contribution in [2.45, 2.75) is 51.4 Å². The molecule has 13 heteroatoms. The molecule has 41 heavy (non-hydrogen) atoms. The normalized spacial score (nSPS) is 19.9. The van der Waals surface area contributed by atoms with Gasteiger partial charge in [-0.05, 0) is 62.3 Å². The zero-order valence-electron chi connectivity index (χ0n) is 22.9. The van der Waals surface area contributed by atoms with E-state index in [0.717, 1.165) is 37.2 Å². The maximum atomic E-state index is 13.7. The number of anilines is 3. The first-order valence-corrected chi connectivity index (χ1v) is 15.6. The van der Waals surface area contributed by atoms with Gasteiger partial charge < -0.3 is 19.3 Å². The van der Waals surface area contributed by atoms with Gasteiger partial charge in [0.2, 0.25) is 21.9 Å². The van der Waals surface area contributed by atoms with Crippen LogP contribution in [0.4, 0.5) is 26.1 Å². The third kappa shape index (κ3) is 6.15. The van der Waals surface area contributed by atoms with Crippen LogP contribution in [0.1, 0.15) is 44.2 Å². The van der Waals surface area contributed by atoms with Gasteiger partial charge in [0.05, 0.1) is 35.5 Å². The second-order valence-electron chi connectivity index (χ2n) is 11.4. The largest absolute Gasteiger partial charge is 0.434 e. The fraction of sp³-hybridized carbons (Fsp3) is 0.536. The number of alkyl halides is 2. The molecule has 1 spiro atoms. The molecular formula is C28H34F2N6O4S. The lowest BCUT2D eigenvalue weighted by Gasteiger charge is -2.35. The van der Waals surface area contributed by atoms with Gasteiger partial charge >= 0.3 is 0 Å². The lowest BCUT2D eigenvalue weighted by Crippen LogP contribution is -2.40. The number of rotatable bonds is 8. The van der Waals surface area contributed by atoms with Crippen LogP contribution in [-0.4, -0.2) is 72.9 Å². The van der Waals surface area contributed by atoms with Crippen LogP contribution in [0.5, 0.6) is 0 Å². The average Bonchev–Trinajstić information content (AvgIpc) is 3.48. The SMILES string of the molecule is Cc1cc(-c2cnc(-c3ccc(NS(=O)(=O)CCO)cc3N3CCC4(CC3)CC4)o2)nc(N2CCC(F)(F)CC2)n1. The summed E-state index contributed by atoms with van der Waals surface area (Å²) in [5.74, 6) is -1.89. The van der Waals surface area contributed by atoms with Gasteiger partial charge in [0.25, 0.3) is 5.92 Å². The van der Waals surface area contributed by atoms with Crippen molar-refractivity contribution in [3.63, 3.8) is 0 Å². The second-order valence-corrected chi connectivity index (χ2v) is 13.3. The predicted octanol–water partition coefficient (Wildman–Crippen LogP) is 4.46. The highest BCUT2D eigenvalue weighted by atomic mass is 32.2. The highest BCUT2D eigenvalue weighted by molar-refractivity contribution is 7.92. The summed E-state index contributed by atoms with van der Waals surface area (Å²) in [4.78, 5) is 17.6. The van der Waals surface area contributed by atoms with Crippen molar-refractivity contribution in [3.8, 4) is 22.9 Å². The molecular weight excluding hydrogens is 554 g/mol. The zero-order valence-corrected chi connectivity index (χ0v) is 23.8. The molecule has 1 aromatic carbocycles. The Morgan fingerprint density at radius 2 is 1.71 bits per heavy atom. The van der Waals surface area contributed by atoms with Crippen molar-refractivity contribution >= 4 is 27.3 Å². The Kier molecular flexibility index (Phi) is 7.13. The Hall–Kier alpha value is -3.32. The molecule has 6 rings (SSSR count). The number of aromatic nitrogens is 3. The molecule has 3 aliphatic rings. The van der Waals surface area contributed by atoms with Crippen molar-refractivity contribution in [1.29, 1.82) is 0 Å². The van der Waals surface area contributed by atoms with E-state index in [0.29, 0.717) is 40.1 Å². The minimum atomic E-state index is -3.69. The van der Waals surface area contributed by atoms with Crippen molar-refractivity contribution in [3.05, 3.63) is 36.2 Å². The number of halogens is 2. The molecule has 4 heterocycles. The Balaban J connectivity index is 1.30. The van der Waals surface area contributed by atoms with Gasteiger partial charge in [0.15, 0.2) is 5.76 Å². The van der Waals surface area contributed by atoms with E-state index in [-0.39, 0.29) is 31.7 Å². The number of aliphatic hydroxyl groups excluding tert-OH is 1. The minimum absolute atomic E-state index is 0.173. The molecule has 2 aromatic heterocycles. The summed E-state index contributed by atoms with van der Waals surface area (Å²) in [5, 5.41) is 9.12. The van der Waals surface area contributed by atoms with Crippen LogP contribution in [0.15, 0.2) is 34.9 Å². The molecule has 0 unspecified atom stereocenters. The van der Waals surface area contributed by atoms with Crippen LogP contribution in [0.2, 0.25) is 0 Å². The van der Waals surface area contributed by atoms with Crippen LogP contribution in [0, 0.1) is 12.3 Å². The van der Waals surface area contributed by atoms with E-state index in [4.69, 9.17) is 9.52 Å². The van der Waals surface area contributed by atoms with Crippen molar-refractivity contribution in [2.75, 3.05) is 53.1 Å². The van der Waals surface area contributed by atoms with Crippen LogP contribution in [0.25, 0.3) is 22.9 Å². The Morgan fingerprint density at radius 1 is 1.00 bits per heavy atom. The van der Waals surface area contributed by atoms with E-state index in [1.165, 1.54) is 12.8 Å². The summed E-state index contributed by atoms with van der Waals surface area (Å²) in [6.45, 7) is 3.39. The molecule has 2 saturated heterocycles. The first-order valence-electron chi connectivity index (χ1n) is 14.0. The van der Waals surface area contributed by atoms with Crippen LogP contribution in [-0.2, 0) is 10.0 Å². The summed E-state index contributed by atoms with van der Waals surface area (Å²) in [7, 11) is -3.69. The van der Waals surface area contributed by atoms with E-state index in [1.807, 2.05) is 6.92 Å². The smallest absolute Gasteiger partial charge is 0.251 e. The molecule has 220 valence electrons. The number of aliphatic hydroxyl groups is 1. The summed E-state index contributed by atoms with van der Waals surface area (Å²) < 4.78 is 60.8. The number of hydrogen-bond acceptors (Lipinski definition) is 9. The number of aryl methyl sites for hydroxylation is 1. The van der Waals surface area contributed by atoms with Gasteiger partial charge in [0, 0.05) is 44.7 Å². The number of nitrogens with zero attached hydrogens (tertiary/aromatic N) is 5. The van der Waals surface area contributed by atoms with Crippen molar-refractivity contribution in [2.24, 2.45) is 5.41 Å². The molecule has 2 aliphatic heterocycles. The molecule has 3 fully saturated rings. The van der Waals surface area contributed by atoms with Gasteiger partial charge in [-0.3, -0.25) is 4.72 Å². The average molecular weight is 589 g/mol. The minimum Gasteiger partial charge on any atom is -0.434 e. The maximum absolute atomic E-state index is 13.7. The number of nitrogens with one attached hydrogen (secondary N) is 1. The summed E-state index contributed by atoms with van der Waals surface area (Å²) >= 11 is 0. The molecule has 0 bridgehead atoms. The summed E-state index contributed by atoms with van der Waals surface area (Å²) in [6, 6.07) is 7.00. The first-order chi connectivity index (χ1) is 19.5. The lowest BCUT2D eigenvalue weighted by molar-refractivity contribution is -0.0222. The Bertz CT molecular complexity index is 1520. The number of benzene rings is 1. The first kappa shape index (κ1) is 27.8. The van der Waals surface area contributed by atoms with E-state index >= 15 is 0 Å². The van der Waals surface area contributed by atoms with Crippen molar-refractivity contribution < 1.29 is 26.7 Å². The van der Waals surface area contributed by atoms with Crippen LogP contribution in [0.3, 0.4) is 0 Å². The second kappa shape index (κ2) is 10.5. The standard InChI is InChI=1S/C28H34F2N6O4S/c1-19-16-22(33-26(32-19)36-12-8-28(29,30)9-13-36)24-18-31-25(40-24)21-3-2-20(34-41(38,39)15-14-37)17-23(21)35-10-6-27(4-5-27)7-11-35/h2-3,16-18,34,37H,4-15H2,1H3. The lowest BCUT2D eigenvalue weighted by atomic mass is 9.93. The topological polar surface area (TPSA) is 125 Å². The highest BCUT2D eigenvalue weighted by Gasteiger charge is 2.44. The third-order valence-electron chi connectivity index (χ3n) is 8.36. The van der Waals surface area contributed by atoms with E-state index in [1.54, 1.807) is 35.4 Å². The van der Waals surface area contributed by atoms with Crippen LogP contribution >= 0.6 is 0 Å². The van der Waals surface area contributed by atoms with E-state index in [2.05, 4.69) is 24.6 Å². The number of oxazole rings is 1. The fourth-order valence-corrected chi connectivity index (χ4v) is 6.49.